The second kappa shape index (κ2) is 6.77. The van der Waals surface area contributed by atoms with Gasteiger partial charge in [0.15, 0.2) is 5.78 Å². The molecule has 1 unspecified atom stereocenters. The van der Waals surface area contributed by atoms with Gasteiger partial charge in [0.25, 0.3) is 0 Å². The van der Waals surface area contributed by atoms with Crippen LogP contribution in [0.1, 0.15) is 16.8 Å². The monoisotopic (exact) mass is 310 g/mol. The molecule has 0 bridgehead atoms. The van der Waals surface area contributed by atoms with E-state index in [1.165, 1.54) is 24.3 Å². The van der Waals surface area contributed by atoms with E-state index >= 15 is 0 Å². The average Bonchev–Trinajstić information content (AvgIpc) is 2.45. The van der Waals surface area contributed by atoms with Gasteiger partial charge in [0.1, 0.15) is 5.82 Å². The second-order valence-electron chi connectivity index (χ2n) is 4.19. The van der Waals surface area contributed by atoms with E-state index in [1.807, 2.05) is 0 Å². The van der Waals surface area contributed by atoms with Crippen LogP contribution in [0.5, 0.6) is 0 Å². The first-order valence-electron chi connectivity index (χ1n) is 5.99. The zero-order chi connectivity index (χ0) is 14.5. The zero-order valence-electron chi connectivity index (χ0n) is 10.5. The molecular formula is C15H12ClFO2S. The van der Waals surface area contributed by atoms with E-state index < -0.39 is 10.8 Å². The van der Waals surface area contributed by atoms with E-state index in [0.717, 1.165) is 0 Å². The van der Waals surface area contributed by atoms with Crippen LogP contribution < -0.4 is 0 Å². The van der Waals surface area contributed by atoms with Gasteiger partial charge in [0.05, 0.1) is 10.8 Å². The first-order valence-corrected chi connectivity index (χ1v) is 7.68. The van der Waals surface area contributed by atoms with E-state index in [1.54, 1.807) is 24.3 Å². The minimum atomic E-state index is -1.27. The number of ketones is 1. The summed E-state index contributed by atoms with van der Waals surface area (Å²) in [4.78, 5) is 12.5. The van der Waals surface area contributed by atoms with Gasteiger partial charge in [0.2, 0.25) is 0 Å². The summed E-state index contributed by atoms with van der Waals surface area (Å²) in [6.07, 6.45) is 0.144. The zero-order valence-corrected chi connectivity index (χ0v) is 12.1. The third-order valence-electron chi connectivity index (χ3n) is 2.74. The fourth-order valence-corrected chi connectivity index (χ4v) is 3.04. The Balaban J connectivity index is 1.96. The summed E-state index contributed by atoms with van der Waals surface area (Å²) in [6.45, 7) is 0. The molecule has 0 fully saturated rings. The minimum absolute atomic E-state index is 0.144. The number of Topliss-reactive ketones (excluding diaryl/α,β-unsaturated/α-hetero) is 1. The van der Waals surface area contributed by atoms with Gasteiger partial charge in [0, 0.05) is 27.7 Å². The first kappa shape index (κ1) is 14.9. The maximum Gasteiger partial charge on any atom is 0.163 e. The predicted octanol–water partition coefficient (Wildman–Crippen LogP) is 3.86. The molecule has 2 rings (SSSR count). The lowest BCUT2D eigenvalue weighted by Gasteiger charge is -2.03. The average molecular weight is 311 g/mol. The Morgan fingerprint density at radius 1 is 1.15 bits per heavy atom. The minimum Gasteiger partial charge on any atom is -0.294 e. The first-order chi connectivity index (χ1) is 9.56. The second-order valence-corrected chi connectivity index (χ2v) is 6.19. The fraction of sp³-hybridized carbons (Fsp3) is 0.133. The lowest BCUT2D eigenvalue weighted by atomic mass is 10.1. The Kier molecular flexibility index (Phi) is 5.04. The molecule has 0 aromatic heterocycles. The van der Waals surface area contributed by atoms with Crippen molar-refractivity contribution >= 4 is 28.2 Å². The van der Waals surface area contributed by atoms with Gasteiger partial charge in [-0.2, -0.15) is 0 Å². The Morgan fingerprint density at radius 3 is 2.50 bits per heavy atom. The van der Waals surface area contributed by atoms with Crippen LogP contribution in [0.15, 0.2) is 53.4 Å². The Labute approximate surface area is 124 Å². The lowest BCUT2D eigenvalue weighted by Crippen LogP contribution is -2.06. The highest BCUT2D eigenvalue weighted by atomic mass is 35.5. The SMILES string of the molecule is O=C(CCS(=O)c1cccc(Cl)c1)c1ccc(F)cc1. The summed E-state index contributed by atoms with van der Waals surface area (Å²) in [5.74, 6) is -0.319. The summed E-state index contributed by atoms with van der Waals surface area (Å²) in [7, 11) is -1.27. The summed E-state index contributed by atoms with van der Waals surface area (Å²) in [6, 6.07) is 12.1. The van der Waals surface area contributed by atoms with E-state index in [-0.39, 0.29) is 23.8 Å². The summed E-state index contributed by atoms with van der Waals surface area (Å²) in [5, 5.41) is 0.515. The van der Waals surface area contributed by atoms with Crippen LogP contribution in [0.2, 0.25) is 5.02 Å². The van der Waals surface area contributed by atoms with Crippen LogP contribution in [0.3, 0.4) is 0 Å². The number of halogens is 2. The molecule has 0 radical (unpaired) electrons. The van der Waals surface area contributed by atoms with Crippen molar-refractivity contribution in [1.29, 1.82) is 0 Å². The topological polar surface area (TPSA) is 34.1 Å². The Bertz CT molecular complexity index is 641. The number of carbonyl (C=O) groups is 1. The molecule has 0 spiro atoms. The quantitative estimate of drug-likeness (QED) is 0.786. The molecule has 0 aliphatic heterocycles. The van der Waals surface area contributed by atoms with Crippen LogP contribution in [-0.2, 0) is 10.8 Å². The smallest absolute Gasteiger partial charge is 0.163 e. The number of hydrogen-bond acceptors (Lipinski definition) is 2. The van der Waals surface area contributed by atoms with Crippen molar-refractivity contribution in [2.45, 2.75) is 11.3 Å². The van der Waals surface area contributed by atoms with Crippen LogP contribution in [0.4, 0.5) is 4.39 Å². The molecule has 5 heteroatoms. The molecule has 0 aliphatic rings. The molecule has 1 atom stereocenters. The van der Waals surface area contributed by atoms with Gasteiger partial charge < -0.3 is 0 Å². The molecule has 0 aliphatic carbocycles. The van der Waals surface area contributed by atoms with Gasteiger partial charge in [-0.05, 0) is 42.5 Å². The molecule has 2 aromatic carbocycles. The van der Waals surface area contributed by atoms with Crippen LogP contribution >= 0.6 is 11.6 Å². The van der Waals surface area contributed by atoms with Crippen molar-refractivity contribution in [1.82, 2.24) is 0 Å². The van der Waals surface area contributed by atoms with Crippen LogP contribution in [0, 0.1) is 5.82 Å². The highest BCUT2D eigenvalue weighted by Crippen LogP contribution is 2.15. The third kappa shape index (κ3) is 3.99. The number of rotatable bonds is 5. The number of benzene rings is 2. The largest absolute Gasteiger partial charge is 0.294 e. The van der Waals surface area contributed by atoms with Crippen molar-refractivity contribution < 1.29 is 13.4 Å². The Hall–Kier alpha value is -1.52. The molecular weight excluding hydrogens is 299 g/mol. The lowest BCUT2D eigenvalue weighted by molar-refractivity contribution is 0.0989. The highest BCUT2D eigenvalue weighted by molar-refractivity contribution is 7.85. The number of hydrogen-bond donors (Lipinski definition) is 0. The third-order valence-corrected chi connectivity index (χ3v) is 4.33. The maximum absolute atomic E-state index is 12.8. The van der Waals surface area contributed by atoms with E-state index in [0.29, 0.717) is 15.5 Å². The molecule has 2 nitrogen and oxygen atoms in total. The van der Waals surface area contributed by atoms with E-state index in [4.69, 9.17) is 11.6 Å². The normalized spacial score (nSPS) is 12.1. The Morgan fingerprint density at radius 2 is 1.85 bits per heavy atom. The summed E-state index contributed by atoms with van der Waals surface area (Å²) < 4.78 is 24.8. The van der Waals surface area contributed by atoms with Crippen molar-refractivity contribution in [3.05, 3.63) is 64.9 Å². The van der Waals surface area contributed by atoms with Crippen LogP contribution in [0.25, 0.3) is 0 Å². The van der Waals surface area contributed by atoms with Crippen molar-refractivity contribution in [2.75, 3.05) is 5.75 Å². The molecule has 2 aromatic rings. The summed E-state index contributed by atoms with van der Waals surface area (Å²) >= 11 is 5.83. The van der Waals surface area contributed by atoms with Crippen LogP contribution in [-0.4, -0.2) is 15.7 Å². The molecule has 0 amide bonds. The van der Waals surface area contributed by atoms with Gasteiger partial charge >= 0.3 is 0 Å². The van der Waals surface area contributed by atoms with E-state index in [9.17, 15) is 13.4 Å². The molecule has 0 heterocycles. The predicted molar refractivity (Wildman–Crippen MR) is 78.1 cm³/mol. The van der Waals surface area contributed by atoms with Gasteiger partial charge in [-0.3, -0.25) is 9.00 Å². The molecule has 0 saturated carbocycles. The fourth-order valence-electron chi connectivity index (χ4n) is 1.69. The number of carbonyl (C=O) groups excluding carboxylic acids is 1. The molecule has 0 saturated heterocycles. The summed E-state index contributed by atoms with van der Waals surface area (Å²) in [5.41, 5.74) is 0.425. The molecule has 20 heavy (non-hydrogen) atoms. The molecule has 0 N–H and O–H groups in total. The molecule has 104 valence electrons. The maximum atomic E-state index is 12.8. The highest BCUT2D eigenvalue weighted by Gasteiger charge is 2.10. The van der Waals surface area contributed by atoms with Gasteiger partial charge in [-0.1, -0.05) is 17.7 Å². The van der Waals surface area contributed by atoms with Gasteiger partial charge in [-0.25, -0.2) is 4.39 Å². The van der Waals surface area contributed by atoms with Crippen molar-refractivity contribution in [2.24, 2.45) is 0 Å². The van der Waals surface area contributed by atoms with E-state index in [2.05, 4.69) is 0 Å². The standard InChI is InChI=1S/C15H12ClFO2S/c16-12-2-1-3-14(10-12)20(19)9-8-15(18)11-4-6-13(17)7-5-11/h1-7,10H,8-9H2. The van der Waals surface area contributed by atoms with Gasteiger partial charge in [-0.15, -0.1) is 0 Å². The van der Waals surface area contributed by atoms with Crippen molar-refractivity contribution in [3.63, 3.8) is 0 Å². The van der Waals surface area contributed by atoms with Crippen molar-refractivity contribution in [3.8, 4) is 0 Å².